The fourth-order valence-corrected chi connectivity index (χ4v) is 2.15. The molecule has 0 saturated carbocycles. The first-order valence-corrected chi connectivity index (χ1v) is 7.88. The number of carbonyl (C=O) groups is 1. The van der Waals surface area contributed by atoms with Gasteiger partial charge in [0.2, 0.25) is 0 Å². The van der Waals surface area contributed by atoms with Crippen LogP contribution in [0.4, 0.5) is 5.82 Å². The van der Waals surface area contributed by atoms with E-state index in [4.69, 9.17) is 0 Å². The number of carbonyl (C=O) groups excluding carboxylic acids is 1. The number of aromatic nitrogens is 1. The fraction of sp³-hybridized carbons (Fsp3) is 0.500. The zero-order valence-electron chi connectivity index (χ0n) is 11.6. The molecule has 1 amide bonds. The fourth-order valence-electron chi connectivity index (χ4n) is 1.54. The number of nitrogens with one attached hydrogen (secondary N) is 1. The van der Waals surface area contributed by atoms with Gasteiger partial charge in [-0.2, -0.15) is 0 Å². The van der Waals surface area contributed by atoms with E-state index in [0.29, 0.717) is 11.4 Å². The van der Waals surface area contributed by atoms with E-state index in [1.807, 2.05) is 0 Å². The molecule has 7 heteroatoms. The second-order valence-corrected chi connectivity index (χ2v) is 6.75. The van der Waals surface area contributed by atoms with Crippen LogP contribution in [0.15, 0.2) is 12.1 Å². The Morgan fingerprint density at radius 1 is 1.42 bits per heavy atom. The maximum Gasteiger partial charge on any atom is 0.253 e. The molecule has 0 fully saturated rings. The monoisotopic (exact) mass is 285 g/mol. The number of pyridine rings is 1. The summed E-state index contributed by atoms with van der Waals surface area (Å²) >= 11 is 0. The molecule has 0 aliphatic carbocycles. The van der Waals surface area contributed by atoms with Gasteiger partial charge in [-0.15, -0.1) is 0 Å². The molecule has 106 valence electrons. The summed E-state index contributed by atoms with van der Waals surface area (Å²) in [5.74, 6) is 0.351. The van der Waals surface area contributed by atoms with Crippen molar-refractivity contribution in [2.75, 3.05) is 38.0 Å². The van der Waals surface area contributed by atoms with Gasteiger partial charge in [-0.3, -0.25) is 4.79 Å². The van der Waals surface area contributed by atoms with E-state index < -0.39 is 9.84 Å². The van der Waals surface area contributed by atoms with E-state index in [1.54, 1.807) is 33.2 Å². The van der Waals surface area contributed by atoms with E-state index in [9.17, 15) is 13.2 Å². The van der Waals surface area contributed by atoms with Gasteiger partial charge in [-0.05, 0) is 19.1 Å². The first-order valence-electron chi connectivity index (χ1n) is 5.82. The zero-order valence-corrected chi connectivity index (χ0v) is 12.4. The number of nitrogens with zero attached hydrogens (tertiary/aromatic N) is 2. The summed E-state index contributed by atoms with van der Waals surface area (Å²) in [6, 6.07) is 3.33. The van der Waals surface area contributed by atoms with Crippen LogP contribution in [-0.2, 0) is 9.84 Å². The SMILES string of the molecule is CNc1cc(C(=O)N(C)CCS(C)(=O)=O)cc(C)n1. The normalized spacial score (nSPS) is 11.2. The van der Waals surface area contributed by atoms with Crippen molar-refractivity contribution in [3.05, 3.63) is 23.4 Å². The maximum atomic E-state index is 12.2. The average molecular weight is 285 g/mol. The van der Waals surface area contributed by atoms with Crippen LogP contribution in [0.5, 0.6) is 0 Å². The summed E-state index contributed by atoms with van der Waals surface area (Å²) in [6.45, 7) is 1.97. The number of anilines is 1. The minimum Gasteiger partial charge on any atom is -0.373 e. The predicted octanol–water partition coefficient (Wildman–Crippen LogP) is 0.548. The van der Waals surface area contributed by atoms with Crippen molar-refractivity contribution < 1.29 is 13.2 Å². The first-order chi connectivity index (χ1) is 8.73. The van der Waals surface area contributed by atoms with Crippen molar-refractivity contribution in [2.24, 2.45) is 0 Å². The molecule has 1 aromatic rings. The van der Waals surface area contributed by atoms with Gasteiger partial charge >= 0.3 is 0 Å². The molecule has 0 spiro atoms. The van der Waals surface area contributed by atoms with Crippen LogP contribution in [0.1, 0.15) is 16.1 Å². The lowest BCUT2D eigenvalue weighted by atomic mass is 10.2. The molecule has 0 aliphatic rings. The van der Waals surface area contributed by atoms with Gasteiger partial charge in [0.1, 0.15) is 15.7 Å². The number of amides is 1. The molecule has 1 heterocycles. The number of hydrogen-bond donors (Lipinski definition) is 1. The minimum absolute atomic E-state index is 0.0435. The van der Waals surface area contributed by atoms with Crippen molar-refractivity contribution in [3.63, 3.8) is 0 Å². The van der Waals surface area contributed by atoms with Crippen molar-refractivity contribution in [1.82, 2.24) is 9.88 Å². The summed E-state index contributed by atoms with van der Waals surface area (Å²) in [6.07, 6.45) is 1.15. The molecule has 0 aromatic carbocycles. The molecule has 0 radical (unpaired) electrons. The van der Waals surface area contributed by atoms with Crippen LogP contribution in [-0.4, -0.2) is 56.9 Å². The van der Waals surface area contributed by atoms with Crippen LogP contribution in [0.25, 0.3) is 0 Å². The van der Waals surface area contributed by atoms with Crippen molar-refractivity contribution in [3.8, 4) is 0 Å². The van der Waals surface area contributed by atoms with Crippen molar-refractivity contribution in [2.45, 2.75) is 6.92 Å². The molecule has 1 aromatic heterocycles. The van der Waals surface area contributed by atoms with E-state index in [2.05, 4.69) is 10.3 Å². The molecule has 6 nitrogen and oxygen atoms in total. The van der Waals surface area contributed by atoms with Gasteiger partial charge in [0.25, 0.3) is 5.91 Å². The Labute approximate surface area is 113 Å². The predicted molar refractivity (Wildman–Crippen MR) is 75.2 cm³/mol. The quantitative estimate of drug-likeness (QED) is 0.854. The molecule has 1 rings (SSSR count). The van der Waals surface area contributed by atoms with Gasteiger partial charge in [-0.1, -0.05) is 0 Å². The van der Waals surface area contributed by atoms with E-state index in [-0.39, 0.29) is 18.2 Å². The highest BCUT2D eigenvalue weighted by Crippen LogP contribution is 2.11. The molecule has 0 saturated heterocycles. The highest BCUT2D eigenvalue weighted by molar-refractivity contribution is 7.90. The average Bonchev–Trinajstić information content (AvgIpc) is 2.33. The number of hydrogen-bond acceptors (Lipinski definition) is 5. The third kappa shape index (κ3) is 4.86. The number of sulfone groups is 1. The summed E-state index contributed by atoms with van der Waals surface area (Å²) in [7, 11) is 0.237. The Bertz CT molecular complexity index is 570. The summed E-state index contributed by atoms with van der Waals surface area (Å²) in [5, 5.41) is 2.88. The van der Waals surface area contributed by atoms with Crippen LogP contribution >= 0.6 is 0 Å². The standard InChI is InChI=1S/C12H19N3O3S/c1-9-7-10(8-11(13-2)14-9)12(16)15(3)5-6-19(4,17)18/h7-8H,5-6H2,1-4H3,(H,13,14). The molecular formula is C12H19N3O3S. The van der Waals surface area contributed by atoms with Crippen LogP contribution in [0, 0.1) is 6.92 Å². The van der Waals surface area contributed by atoms with Gasteiger partial charge in [-0.25, -0.2) is 13.4 Å². The largest absolute Gasteiger partial charge is 0.373 e. The Morgan fingerprint density at radius 2 is 2.05 bits per heavy atom. The third-order valence-electron chi connectivity index (χ3n) is 2.60. The smallest absolute Gasteiger partial charge is 0.253 e. The Morgan fingerprint density at radius 3 is 2.58 bits per heavy atom. The molecule has 19 heavy (non-hydrogen) atoms. The second-order valence-electron chi connectivity index (χ2n) is 4.49. The Balaban J connectivity index is 2.85. The third-order valence-corrected chi connectivity index (χ3v) is 3.52. The van der Waals surface area contributed by atoms with Crippen molar-refractivity contribution >= 4 is 21.6 Å². The lowest BCUT2D eigenvalue weighted by molar-refractivity contribution is 0.0803. The van der Waals surface area contributed by atoms with Gasteiger partial charge in [0.05, 0.1) is 5.75 Å². The van der Waals surface area contributed by atoms with Crippen LogP contribution in [0.2, 0.25) is 0 Å². The molecule has 0 unspecified atom stereocenters. The number of aryl methyl sites for hydroxylation is 1. The summed E-state index contributed by atoms with van der Waals surface area (Å²) in [5.41, 5.74) is 1.22. The molecule has 1 N–H and O–H groups in total. The van der Waals surface area contributed by atoms with Gasteiger partial charge in [0, 0.05) is 38.2 Å². The molecule has 0 atom stereocenters. The van der Waals surface area contributed by atoms with Crippen LogP contribution in [0.3, 0.4) is 0 Å². The minimum atomic E-state index is -3.07. The number of rotatable bonds is 5. The highest BCUT2D eigenvalue weighted by atomic mass is 32.2. The van der Waals surface area contributed by atoms with Gasteiger partial charge < -0.3 is 10.2 Å². The lowest BCUT2D eigenvalue weighted by Crippen LogP contribution is -2.31. The van der Waals surface area contributed by atoms with E-state index >= 15 is 0 Å². The first kappa shape index (κ1) is 15.4. The molecule has 0 bridgehead atoms. The summed E-state index contributed by atoms with van der Waals surface area (Å²) in [4.78, 5) is 17.8. The molecule has 0 aliphatic heterocycles. The van der Waals surface area contributed by atoms with E-state index in [0.717, 1.165) is 11.9 Å². The lowest BCUT2D eigenvalue weighted by Gasteiger charge is -2.17. The zero-order chi connectivity index (χ0) is 14.6. The Kier molecular flexibility index (Phi) is 4.88. The van der Waals surface area contributed by atoms with Crippen molar-refractivity contribution in [1.29, 1.82) is 0 Å². The molecular weight excluding hydrogens is 266 g/mol. The maximum absolute atomic E-state index is 12.2. The van der Waals surface area contributed by atoms with Gasteiger partial charge in [0.15, 0.2) is 0 Å². The van der Waals surface area contributed by atoms with Crippen LogP contribution < -0.4 is 5.32 Å². The Hall–Kier alpha value is -1.63. The second kappa shape index (κ2) is 6.01. The summed E-state index contributed by atoms with van der Waals surface area (Å²) < 4.78 is 22.2. The highest BCUT2D eigenvalue weighted by Gasteiger charge is 2.15. The topological polar surface area (TPSA) is 79.4 Å². The van der Waals surface area contributed by atoms with E-state index in [1.165, 1.54) is 4.90 Å².